The van der Waals surface area contributed by atoms with Crippen LogP contribution in [0.2, 0.25) is 0 Å². The summed E-state index contributed by atoms with van der Waals surface area (Å²) in [5, 5.41) is 2.93. The van der Waals surface area contributed by atoms with Gasteiger partial charge in [0.1, 0.15) is 5.75 Å². The van der Waals surface area contributed by atoms with Crippen LogP contribution in [0.1, 0.15) is 55.4 Å². The largest absolute Gasteiger partial charge is 0.415 e. The molecule has 0 unspecified atom stereocenters. The van der Waals surface area contributed by atoms with Crippen LogP contribution in [0.3, 0.4) is 0 Å². The van der Waals surface area contributed by atoms with Crippen LogP contribution in [0.25, 0.3) is 0 Å². The van der Waals surface area contributed by atoms with E-state index in [9.17, 15) is 9.59 Å². The Labute approximate surface area is 203 Å². The van der Waals surface area contributed by atoms with Gasteiger partial charge in [-0.1, -0.05) is 26.8 Å². The second-order valence-electron chi connectivity index (χ2n) is 10.2. The summed E-state index contributed by atoms with van der Waals surface area (Å²) >= 11 is 0. The number of carbonyl (C=O) groups excluding carboxylic acids is 2. The number of hydrogen-bond donors (Lipinski definition) is 1. The Morgan fingerprint density at radius 2 is 1.74 bits per heavy atom. The number of amides is 2. The van der Waals surface area contributed by atoms with Crippen molar-refractivity contribution in [3.05, 3.63) is 59.4 Å². The van der Waals surface area contributed by atoms with Gasteiger partial charge in [-0.25, -0.2) is 4.79 Å². The van der Waals surface area contributed by atoms with E-state index in [0.717, 1.165) is 50.3 Å². The highest BCUT2D eigenvalue weighted by atomic mass is 16.6. The fourth-order valence-corrected chi connectivity index (χ4v) is 3.87. The summed E-state index contributed by atoms with van der Waals surface area (Å²) in [5.74, 6) is 0.334. The van der Waals surface area contributed by atoms with Crippen LogP contribution in [0.15, 0.2) is 42.5 Å². The lowest BCUT2D eigenvalue weighted by Gasteiger charge is -2.34. The molecule has 7 heteroatoms. The minimum Gasteiger partial charge on any atom is -0.410 e. The van der Waals surface area contributed by atoms with E-state index < -0.39 is 0 Å². The third-order valence-corrected chi connectivity index (χ3v) is 5.97. The zero-order valence-electron chi connectivity index (χ0n) is 21.0. The molecule has 1 N–H and O–H groups in total. The van der Waals surface area contributed by atoms with Gasteiger partial charge in [0.05, 0.1) is 0 Å². The lowest BCUT2D eigenvalue weighted by Crippen LogP contribution is -2.49. The normalized spacial score (nSPS) is 14.6. The van der Waals surface area contributed by atoms with Crippen molar-refractivity contribution in [2.45, 2.75) is 47.0 Å². The molecule has 2 aromatic rings. The Balaban J connectivity index is 1.37. The predicted molar refractivity (Wildman–Crippen MR) is 134 cm³/mol. The topological polar surface area (TPSA) is 74.8 Å². The van der Waals surface area contributed by atoms with Gasteiger partial charge in [-0.05, 0) is 74.5 Å². The first kappa shape index (κ1) is 25.7. The van der Waals surface area contributed by atoms with E-state index in [-0.39, 0.29) is 17.4 Å². The highest BCUT2D eigenvalue weighted by Gasteiger charge is 2.22. The van der Waals surface area contributed by atoms with Gasteiger partial charge in [-0.3, -0.25) is 14.7 Å². The SMILES string of the molecule is Cc1cccc(CCCN2CCN(C(=O)Oc3ccc(C(=O)NCCC(C)(C)C)cc3)CC2)n1. The number of carbonyl (C=O) groups is 2. The summed E-state index contributed by atoms with van der Waals surface area (Å²) in [7, 11) is 0. The lowest BCUT2D eigenvalue weighted by molar-refractivity contribution is 0.0949. The predicted octanol–water partition coefficient (Wildman–Crippen LogP) is 4.31. The van der Waals surface area contributed by atoms with E-state index in [1.807, 2.05) is 13.0 Å². The quantitative estimate of drug-likeness (QED) is 0.628. The van der Waals surface area contributed by atoms with E-state index in [1.54, 1.807) is 29.2 Å². The Bertz CT molecular complexity index is 945. The smallest absolute Gasteiger partial charge is 0.410 e. The van der Waals surface area contributed by atoms with Gasteiger partial charge >= 0.3 is 6.09 Å². The van der Waals surface area contributed by atoms with Crippen LogP contribution < -0.4 is 10.1 Å². The van der Waals surface area contributed by atoms with Crippen molar-refractivity contribution < 1.29 is 14.3 Å². The molecular weight excluding hydrogens is 428 g/mol. The molecule has 1 aromatic carbocycles. The van der Waals surface area contributed by atoms with Crippen LogP contribution in [0.4, 0.5) is 4.79 Å². The molecule has 1 aliphatic heterocycles. The van der Waals surface area contributed by atoms with Crippen molar-refractivity contribution in [2.24, 2.45) is 5.41 Å². The number of pyridine rings is 1. The first-order chi connectivity index (χ1) is 16.2. The van der Waals surface area contributed by atoms with Gasteiger partial charge in [0.2, 0.25) is 0 Å². The fraction of sp³-hybridized carbons (Fsp3) is 0.519. The fourth-order valence-electron chi connectivity index (χ4n) is 3.87. The zero-order valence-corrected chi connectivity index (χ0v) is 21.0. The molecule has 0 aliphatic carbocycles. The minimum atomic E-state index is -0.342. The summed E-state index contributed by atoms with van der Waals surface area (Å²) in [6.45, 7) is 13.1. The van der Waals surface area contributed by atoms with Gasteiger partial charge in [0.15, 0.2) is 0 Å². The van der Waals surface area contributed by atoms with Crippen LogP contribution in [0, 0.1) is 12.3 Å². The minimum absolute atomic E-state index is 0.114. The van der Waals surface area contributed by atoms with Crippen molar-refractivity contribution >= 4 is 12.0 Å². The molecular formula is C27H38N4O3. The molecule has 0 radical (unpaired) electrons. The van der Waals surface area contributed by atoms with Crippen LogP contribution in [-0.2, 0) is 6.42 Å². The molecule has 0 bridgehead atoms. The molecule has 1 aliphatic rings. The van der Waals surface area contributed by atoms with Gasteiger partial charge in [-0.2, -0.15) is 0 Å². The van der Waals surface area contributed by atoms with E-state index >= 15 is 0 Å². The first-order valence-corrected chi connectivity index (χ1v) is 12.2. The molecule has 0 saturated carbocycles. The number of ether oxygens (including phenoxy) is 1. The number of benzene rings is 1. The van der Waals surface area contributed by atoms with Gasteiger partial charge < -0.3 is 15.0 Å². The van der Waals surface area contributed by atoms with Gasteiger partial charge in [0, 0.05) is 49.7 Å². The third-order valence-electron chi connectivity index (χ3n) is 5.97. The standard InChI is InChI=1S/C27H38N4O3/c1-21-7-5-8-23(29-21)9-6-16-30-17-19-31(20-18-30)26(33)34-24-12-10-22(11-13-24)25(32)28-15-14-27(2,3)4/h5,7-8,10-13H,6,9,14-20H2,1-4H3,(H,28,32). The molecule has 7 nitrogen and oxygen atoms in total. The maximum Gasteiger partial charge on any atom is 0.415 e. The van der Waals surface area contributed by atoms with E-state index in [1.165, 1.54) is 0 Å². The van der Waals surface area contributed by atoms with Crippen LogP contribution in [0.5, 0.6) is 5.75 Å². The Morgan fingerprint density at radius 1 is 1.03 bits per heavy atom. The zero-order chi connectivity index (χ0) is 24.6. The number of aryl methyl sites for hydroxylation is 2. The summed E-state index contributed by atoms with van der Waals surface area (Å²) < 4.78 is 5.53. The molecule has 3 rings (SSSR count). The first-order valence-electron chi connectivity index (χ1n) is 12.2. The maximum absolute atomic E-state index is 12.6. The Morgan fingerprint density at radius 3 is 2.38 bits per heavy atom. The highest BCUT2D eigenvalue weighted by molar-refractivity contribution is 5.94. The molecule has 1 saturated heterocycles. The molecule has 0 spiro atoms. The van der Waals surface area contributed by atoms with E-state index in [0.29, 0.717) is 30.9 Å². The summed E-state index contributed by atoms with van der Waals surface area (Å²) in [6.07, 6.45) is 2.59. The number of aromatic nitrogens is 1. The van der Waals surface area contributed by atoms with Crippen LogP contribution in [-0.4, -0.2) is 66.1 Å². The molecule has 2 amide bonds. The van der Waals surface area contributed by atoms with Crippen molar-refractivity contribution in [3.8, 4) is 5.75 Å². The second-order valence-corrected chi connectivity index (χ2v) is 10.2. The molecule has 0 atom stereocenters. The van der Waals surface area contributed by atoms with Crippen LogP contribution >= 0.6 is 0 Å². The summed E-state index contributed by atoms with van der Waals surface area (Å²) in [4.78, 5) is 33.5. The molecule has 1 fully saturated rings. The van der Waals surface area contributed by atoms with Gasteiger partial charge in [-0.15, -0.1) is 0 Å². The summed E-state index contributed by atoms with van der Waals surface area (Å²) in [5.41, 5.74) is 2.92. The second kappa shape index (κ2) is 12.0. The number of rotatable bonds is 8. The number of hydrogen-bond acceptors (Lipinski definition) is 5. The average Bonchev–Trinajstić information content (AvgIpc) is 2.79. The van der Waals surface area contributed by atoms with Crippen molar-refractivity contribution in [1.82, 2.24) is 20.1 Å². The van der Waals surface area contributed by atoms with Crippen molar-refractivity contribution in [1.29, 1.82) is 0 Å². The number of nitrogens with one attached hydrogen (secondary N) is 1. The van der Waals surface area contributed by atoms with E-state index in [4.69, 9.17) is 4.74 Å². The van der Waals surface area contributed by atoms with Crippen molar-refractivity contribution in [2.75, 3.05) is 39.3 Å². The number of piperazine rings is 1. The molecule has 1 aromatic heterocycles. The summed E-state index contributed by atoms with van der Waals surface area (Å²) in [6, 6.07) is 12.9. The molecule has 184 valence electrons. The highest BCUT2D eigenvalue weighted by Crippen LogP contribution is 2.18. The van der Waals surface area contributed by atoms with Gasteiger partial charge in [0.25, 0.3) is 5.91 Å². The molecule has 2 heterocycles. The third kappa shape index (κ3) is 8.45. The monoisotopic (exact) mass is 466 g/mol. The Kier molecular flexibility index (Phi) is 9.05. The van der Waals surface area contributed by atoms with Crippen molar-refractivity contribution in [3.63, 3.8) is 0 Å². The lowest BCUT2D eigenvalue weighted by atomic mass is 9.92. The average molecular weight is 467 g/mol. The molecule has 34 heavy (non-hydrogen) atoms. The van der Waals surface area contributed by atoms with E-state index in [2.05, 4.69) is 48.1 Å². The number of nitrogens with zero attached hydrogens (tertiary/aromatic N) is 3. The maximum atomic E-state index is 12.6. The Hall–Kier alpha value is -2.93.